The molecule has 0 heterocycles. The van der Waals surface area contributed by atoms with Crippen molar-refractivity contribution in [2.75, 3.05) is 19.8 Å². The first kappa shape index (κ1) is 15.0. The van der Waals surface area contributed by atoms with E-state index in [2.05, 4.69) is 0 Å². The first-order valence-corrected chi connectivity index (χ1v) is 5.03. The Hall–Kier alpha value is -0.980. The summed E-state index contributed by atoms with van der Waals surface area (Å²) in [6.45, 7) is 0.0147. The van der Waals surface area contributed by atoms with Crippen molar-refractivity contribution >= 4 is 11.8 Å². The molecule has 6 heteroatoms. The topological polar surface area (TPSA) is 104 Å². The van der Waals surface area contributed by atoms with Gasteiger partial charge in [-0.25, -0.2) is 0 Å². The fourth-order valence-corrected chi connectivity index (χ4v) is 1.21. The van der Waals surface area contributed by atoms with Crippen molar-refractivity contribution in [1.82, 2.24) is 0 Å². The summed E-state index contributed by atoms with van der Waals surface area (Å²) in [4.78, 5) is 21.9. The normalized spacial score (nSPS) is 11.2. The van der Waals surface area contributed by atoms with Gasteiger partial charge in [-0.15, -0.1) is 0 Å². The van der Waals surface area contributed by atoms with Gasteiger partial charge in [0.25, 0.3) is 0 Å². The Morgan fingerprint density at radius 1 is 1.19 bits per heavy atom. The zero-order valence-electron chi connectivity index (χ0n) is 9.31. The van der Waals surface area contributed by atoms with Gasteiger partial charge >= 0.3 is 5.97 Å². The van der Waals surface area contributed by atoms with E-state index in [4.69, 9.17) is 20.1 Å². The van der Waals surface area contributed by atoms with Crippen molar-refractivity contribution in [1.29, 1.82) is 0 Å². The molecule has 0 aliphatic heterocycles. The van der Waals surface area contributed by atoms with E-state index in [1.807, 2.05) is 0 Å². The number of ketones is 1. The van der Waals surface area contributed by atoms with Crippen LogP contribution in [0.1, 0.15) is 26.2 Å². The molecule has 94 valence electrons. The summed E-state index contributed by atoms with van der Waals surface area (Å²) in [7, 11) is 0. The van der Waals surface area contributed by atoms with Crippen molar-refractivity contribution in [2.45, 2.75) is 31.8 Å². The number of hydrogen-bond acceptors (Lipinski definition) is 6. The minimum Gasteiger partial charge on any atom is -0.454 e. The average Bonchev–Trinajstić information content (AvgIpc) is 2.23. The van der Waals surface area contributed by atoms with Gasteiger partial charge in [-0.3, -0.25) is 9.59 Å². The molecule has 3 N–H and O–H groups in total. The molecule has 0 saturated carbocycles. The van der Waals surface area contributed by atoms with Gasteiger partial charge in [0, 0.05) is 6.61 Å². The van der Waals surface area contributed by atoms with Crippen LogP contribution in [0.25, 0.3) is 0 Å². The van der Waals surface area contributed by atoms with E-state index in [9.17, 15) is 9.59 Å². The Morgan fingerprint density at radius 2 is 1.75 bits per heavy atom. The smallest absolute Gasteiger partial charge is 0.314 e. The molecule has 0 atom stereocenters. The SMILES string of the molecule is CC(=O)CC(=O)OC(CO)(CO)CCCO. The van der Waals surface area contributed by atoms with Crippen LogP contribution in [-0.4, -0.2) is 52.5 Å². The molecule has 0 spiro atoms. The summed E-state index contributed by atoms with van der Waals surface area (Å²) in [5.74, 6) is -1.13. The summed E-state index contributed by atoms with van der Waals surface area (Å²) in [6.07, 6.45) is 0.0372. The van der Waals surface area contributed by atoms with Gasteiger partial charge in [0.2, 0.25) is 0 Å². The number of hydrogen-bond donors (Lipinski definition) is 3. The minimum atomic E-state index is -1.41. The molecule has 0 unspecified atom stereocenters. The van der Waals surface area contributed by atoms with Crippen LogP contribution in [0.2, 0.25) is 0 Å². The van der Waals surface area contributed by atoms with Crippen molar-refractivity contribution in [3.63, 3.8) is 0 Å². The van der Waals surface area contributed by atoms with Gasteiger partial charge < -0.3 is 20.1 Å². The molecule has 6 nitrogen and oxygen atoms in total. The third-order valence-electron chi connectivity index (χ3n) is 2.09. The molecular weight excluding hydrogens is 216 g/mol. The zero-order chi connectivity index (χ0) is 12.6. The second-order valence-corrected chi connectivity index (χ2v) is 3.68. The lowest BCUT2D eigenvalue weighted by atomic mass is 9.99. The van der Waals surface area contributed by atoms with E-state index in [0.29, 0.717) is 0 Å². The first-order valence-electron chi connectivity index (χ1n) is 5.03. The van der Waals surface area contributed by atoms with E-state index in [-0.39, 0.29) is 31.7 Å². The third kappa shape index (κ3) is 5.20. The first-order chi connectivity index (χ1) is 7.49. The molecule has 0 aliphatic rings. The van der Waals surface area contributed by atoms with E-state index in [1.54, 1.807) is 0 Å². The zero-order valence-corrected chi connectivity index (χ0v) is 9.31. The highest BCUT2D eigenvalue weighted by Gasteiger charge is 2.32. The highest BCUT2D eigenvalue weighted by molar-refractivity contribution is 5.94. The number of aliphatic hydroxyl groups excluding tert-OH is 3. The number of rotatable bonds is 8. The number of carbonyl (C=O) groups excluding carboxylic acids is 2. The molecule has 0 aromatic carbocycles. The van der Waals surface area contributed by atoms with Gasteiger partial charge in [0.05, 0.1) is 13.2 Å². The predicted molar refractivity (Wildman–Crippen MR) is 54.6 cm³/mol. The predicted octanol–water partition coefficient (Wildman–Crippen LogP) is -0.995. The standard InChI is InChI=1S/C10H18O6/c1-8(14)5-9(15)16-10(6-12,7-13)3-2-4-11/h11-13H,2-7H2,1H3. The van der Waals surface area contributed by atoms with Crippen LogP contribution < -0.4 is 0 Å². The van der Waals surface area contributed by atoms with Crippen LogP contribution in [0.3, 0.4) is 0 Å². The molecule has 0 radical (unpaired) electrons. The Morgan fingerprint density at radius 3 is 2.12 bits per heavy atom. The van der Waals surface area contributed by atoms with Gasteiger partial charge in [-0.2, -0.15) is 0 Å². The summed E-state index contributed by atoms with van der Waals surface area (Å²) in [5, 5.41) is 26.8. The second-order valence-electron chi connectivity index (χ2n) is 3.68. The summed E-state index contributed by atoms with van der Waals surface area (Å²) < 4.78 is 4.88. The molecule has 0 rings (SSSR count). The van der Waals surface area contributed by atoms with Gasteiger partial charge in [-0.05, 0) is 19.8 Å². The van der Waals surface area contributed by atoms with Crippen LogP contribution in [0.15, 0.2) is 0 Å². The van der Waals surface area contributed by atoms with Crippen LogP contribution >= 0.6 is 0 Å². The lowest BCUT2D eigenvalue weighted by Gasteiger charge is -2.29. The molecule has 0 saturated heterocycles. The lowest BCUT2D eigenvalue weighted by molar-refractivity contribution is -0.172. The van der Waals surface area contributed by atoms with Gasteiger partial charge in [0.15, 0.2) is 5.60 Å². The third-order valence-corrected chi connectivity index (χ3v) is 2.09. The van der Waals surface area contributed by atoms with E-state index in [0.717, 1.165) is 0 Å². The number of aliphatic hydroxyl groups is 3. The quantitative estimate of drug-likeness (QED) is 0.368. The Kier molecular flexibility index (Phi) is 6.87. The number of Topliss-reactive ketones (excluding diaryl/α,β-unsaturated/α-hetero) is 1. The maximum Gasteiger partial charge on any atom is 0.314 e. The van der Waals surface area contributed by atoms with Gasteiger partial charge in [0.1, 0.15) is 12.2 Å². The molecule has 0 aromatic rings. The van der Waals surface area contributed by atoms with Crippen LogP contribution in [-0.2, 0) is 14.3 Å². The van der Waals surface area contributed by atoms with Crippen LogP contribution in [0.5, 0.6) is 0 Å². The summed E-state index contributed by atoms with van der Waals surface area (Å²) in [6, 6.07) is 0. The van der Waals surface area contributed by atoms with E-state index >= 15 is 0 Å². The maximum atomic E-state index is 11.2. The monoisotopic (exact) mass is 234 g/mol. The fourth-order valence-electron chi connectivity index (χ4n) is 1.21. The van der Waals surface area contributed by atoms with Crippen molar-refractivity contribution < 1.29 is 29.6 Å². The summed E-state index contributed by atoms with van der Waals surface area (Å²) >= 11 is 0. The van der Waals surface area contributed by atoms with Crippen LogP contribution in [0, 0.1) is 0 Å². The van der Waals surface area contributed by atoms with Crippen molar-refractivity contribution in [3.8, 4) is 0 Å². The van der Waals surface area contributed by atoms with Gasteiger partial charge in [-0.1, -0.05) is 0 Å². The summed E-state index contributed by atoms with van der Waals surface area (Å²) in [5.41, 5.74) is -1.41. The van der Waals surface area contributed by atoms with E-state index < -0.39 is 24.8 Å². The average molecular weight is 234 g/mol. The van der Waals surface area contributed by atoms with Crippen LogP contribution in [0.4, 0.5) is 0 Å². The molecular formula is C10H18O6. The largest absolute Gasteiger partial charge is 0.454 e. The molecule has 0 bridgehead atoms. The molecule has 0 aliphatic carbocycles. The Bertz CT molecular complexity index is 233. The number of esters is 1. The fraction of sp³-hybridized carbons (Fsp3) is 0.800. The van der Waals surface area contributed by atoms with Crippen molar-refractivity contribution in [2.24, 2.45) is 0 Å². The second kappa shape index (κ2) is 7.32. The Labute approximate surface area is 93.8 Å². The lowest BCUT2D eigenvalue weighted by Crippen LogP contribution is -2.43. The highest BCUT2D eigenvalue weighted by atomic mass is 16.6. The van der Waals surface area contributed by atoms with Crippen molar-refractivity contribution in [3.05, 3.63) is 0 Å². The maximum absolute atomic E-state index is 11.2. The molecule has 0 amide bonds. The molecule has 16 heavy (non-hydrogen) atoms. The number of carbonyl (C=O) groups is 2. The van der Waals surface area contributed by atoms with E-state index in [1.165, 1.54) is 6.92 Å². The minimum absolute atomic E-state index is 0.133. The molecule has 0 aromatic heterocycles. The number of ether oxygens (including phenoxy) is 1. The molecule has 0 fully saturated rings. The highest BCUT2D eigenvalue weighted by Crippen LogP contribution is 2.18. The Balaban J connectivity index is 4.40.